The van der Waals surface area contributed by atoms with Crippen molar-refractivity contribution in [2.45, 2.75) is 19.4 Å². The molecule has 3 aromatic rings. The van der Waals surface area contributed by atoms with Gasteiger partial charge in [-0.2, -0.15) is 11.3 Å². The Labute approximate surface area is 183 Å². The van der Waals surface area contributed by atoms with Crippen molar-refractivity contribution in [1.82, 2.24) is 0 Å². The van der Waals surface area contributed by atoms with E-state index in [2.05, 4.69) is 10.3 Å². The number of thiophene rings is 1. The molecule has 0 radical (unpaired) electrons. The first-order valence-electron chi connectivity index (χ1n) is 9.38. The summed E-state index contributed by atoms with van der Waals surface area (Å²) in [5.74, 6) is -0.482. The molecule has 0 aliphatic carbocycles. The minimum absolute atomic E-state index is 0.164. The van der Waals surface area contributed by atoms with Crippen LogP contribution in [0.4, 0.5) is 17.1 Å². The maximum atomic E-state index is 12.8. The summed E-state index contributed by atoms with van der Waals surface area (Å²) >= 11 is 1.51. The van der Waals surface area contributed by atoms with Crippen molar-refractivity contribution in [3.05, 3.63) is 74.5 Å². The fraction of sp³-hybridized carbons (Fsp3) is 0.182. The molecule has 0 atom stereocenters. The van der Waals surface area contributed by atoms with Crippen LogP contribution in [0.15, 0.2) is 58.2 Å². The van der Waals surface area contributed by atoms with E-state index < -0.39 is 16.4 Å². The Kier molecular flexibility index (Phi) is 6.47. The molecule has 0 aliphatic heterocycles. The number of carbonyl (C=O) groups is 1. The van der Waals surface area contributed by atoms with Gasteiger partial charge in [0.25, 0.3) is 11.6 Å². The number of nitrogens with zero attached hydrogens (tertiary/aromatic N) is 2. The molecule has 0 spiro atoms. The zero-order valence-electron chi connectivity index (χ0n) is 17.0. The van der Waals surface area contributed by atoms with Gasteiger partial charge >= 0.3 is 0 Å². The predicted molar refractivity (Wildman–Crippen MR) is 124 cm³/mol. The molecule has 1 aromatic heterocycles. The number of aliphatic hydroxyl groups is 1. The van der Waals surface area contributed by atoms with E-state index in [0.717, 1.165) is 11.1 Å². The van der Waals surface area contributed by atoms with E-state index in [1.165, 1.54) is 35.6 Å². The predicted octanol–water partition coefficient (Wildman–Crippen LogP) is 4.35. The van der Waals surface area contributed by atoms with Crippen LogP contribution in [-0.4, -0.2) is 34.3 Å². The molecule has 160 valence electrons. The van der Waals surface area contributed by atoms with Crippen molar-refractivity contribution in [3.63, 3.8) is 0 Å². The number of aliphatic imine (C=N–C) groups is 1. The average molecular weight is 439 g/mol. The number of non-ortho nitro benzene ring substituents is 1. The van der Waals surface area contributed by atoms with Gasteiger partial charge in [0.2, 0.25) is 0 Å². The first kappa shape index (κ1) is 22.1. The maximum absolute atomic E-state index is 12.8. The number of amides is 1. The smallest absolute Gasteiger partial charge is 0.270 e. The molecular weight excluding hydrogens is 416 g/mol. The van der Waals surface area contributed by atoms with E-state index in [4.69, 9.17) is 5.73 Å². The number of carbonyl (C=O) groups excluding carboxylic acids is 1. The third-order valence-corrected chi connectivity index (χ3v) is 5.01. The third kappa shape index (κ3) is 5.74. The highest BCUT2D eigenvalue weighted by molar-refractivity contribution is 7.08. The first-order chi connectivity index (χ1) is 14.6. The molecule has 31 heavy (non-hydrogen) atoms. The van der Waals surface area contributed by atoms with E-state index in [0.29, 0.717) is 16.9 Å². The number of nitrogen functional groups attached to an aromatic ring is 1. The van der Waals surface area contributed by atoms with Crippen LogP contribution in [0.1, 0.15) is 29.8 Å². The highest BCUT2D eigenvalue weighted by Gasteiger charge is 2.16. The van der Waals surface area contributed by atoms with Gasteiger partial charge in [-0.1, -0.05) is 6.07 Å². The highest BCUT2D eigenvalue weighted by Crippen LogP contribution is 2.34. The summed E-state index contributed by atoms with van der Waals surface area (Å²) in [6.45, 7) is 3.49. The van der Waals surface area contributed by atoms with Gasteiger partial charge in [-0.25, -0.2) is 0 Å². The van der Waals surface area contributed by atoms with Gasteiger partial charge in [-0.3, -0.25) is 19.9 Å². The van der Waals surface area contributed by atoms with E-state index in [1.54, 1.807) is 32.2 Å². The van der Waals surface area contributed by atoms with Crippen molar-refractivity contribution >= 4 is 40.5 Å². The van der Waals surface area contributed by atoms with E-state index >= 15 is 0 Å². The molecule has 0 saturated carbocycles. The number of nitro benzene ring substituents is 1. The number of benzene rings is 2. The number of anilines is 2. The van der Waals surface area contributed by atoms with Crippen molar-refractivity contribution < 1.29 is 14.8 Å². The second kappa shape index (κ2) is 9.07. The molecule has 8 nitrogen and oxygen atoms in total. The minimum Gasteiger partial charge on any atom is -0.398 e. The summed E-state index contributed by atoms with van der Waals surface area (Å²) in [7, 11) is 0. The fourth-order valence-corrected chi connectivity index (χ4v) is 3.48. The standard InChI is InChI=1S/C22H22N4O4S/c1-22(2,28)13-24-11-16-9-20(18(10-19(16)23)15-6-7-31-12-15)25-21(27)14-4-3-5-17(8-14)26(29)30/h3-12,28H,13,23H2,1-2H3,(H,25,27). The molecule has 0 saturated heterocycles. The summed E-state index contributed by atoms with van der Waals surface area (Å²) < 4.78 is 0. The van der Waals surface area contributed by atoms with Crippen LogP contribution in [0.5, 0.6) is 0 Å². The van der Waals surface area contributed by atoms with Crippen LogP contribution in [0.3, 0.4) is 0 Å². The molecule has 0 aliphatic rings. The summed E-state index contributed by atoms with van der Waals surface area (Å²) in [6, 6.07) is 10.9. The molecular formula is C22H22N4O4S. The lowest BCUT2D eigenvalue weighted by molar-refractivity contribution is -0.384. The second-order valence-electron chi connectivity index (χ2n) is 7.58. The lowest BCUT2D eigenvalue weighted by Crippen LogP contribution is -2.22. The normalized spacial score (nSPS) is 11.6. The lowest BCUT2D eigenvalue weighted by atomic mass is 10.0. The number of rotatable bonds is 7. The molecule has 4 N–H and O–H groups in total. The lowest BCUT2D eigenvalue weighted by Gasteiger charge is -2.15. The molecule has 0 fully saturated rings. The Morgan fingerprint density at radius 2 is 2.10 bits per heavy atom. The molecule has 3 rings (SSSR count). The van der Waals surface area contributed by atoms with Gasteiger partial charge in [-0.05, 0) is 54.4 Å². The van der Waals surface area contributed by atoms with E-state index in [1.807, 2.05) is 16.8 Å². The van der Waals surface area contributed by atoms with Crippen molar-refractivity contribution in [1.29, 1.82) is 0 Å². The Bertz CT molecular complexity index is 1130. The zero-order valence-corrected chi connectivity index (χ0v) is 17.8. The third-order valence-electron chi connectivity index (χ3n) is 4.33. The molecule has 0 bridgehead atoms. The van der Waals surface area contributed by atoms with Crippen LogP contribution >= 0.6 is 11.3 Å². The number of nitrogens with two attached hydrogens (primary N) is 1. The number of nitro groups is 1. The molecule has 1 heterocycles. The van der Waals surface area contributed by atoms with Gasteiger partial charge in [0.15, 0.2) is 0 Å². The summed E-state index contributed by atoms with van der Waals surface area (Å²) in [5, 5.41) is 27.5. The van der Waals surface area contributed by atoms with Gasteiger partial charge < -0.3 is 16.2 Å². The van der Waals surface area contributed by atoms with Gasteiger partial charge in [0, 0.05) is 46.4 Å². The largest absolute Gasteiger partial charge is 0.398 e. The van der Waals surface area contributed by atoms with Gasteiger partial charge in [0.1, 0.15) is 0 Å². The average Bonchev–Trinajstić information content (AvgIpc) is 3.23. The summed E-state index contributed by atoms with van der Waals surface area (Å²) in [4.78, 5) is 27.5. The Morgan fingerprint density at radius 1 is 1.32 bits per heavy atom. The zero-order chi connectivity index (χ0) is 22.6. The van der Waals surface area contributed by atoms with Crippen LogP contribution < -0.4 is 11.1 Å². The quantitative estimate of drug-likeness (QED) is 0.218. The highest BCUT2D eigenvalue weighted by atomic mass is 32.1. The molecule has 1 amide bonds. The van der Waals surface area contributed by atoms with Crippen LogP contribution in [0.25, 0.3) is 11.1 Å². The topological polar surface area (TPSA) is 131 Å². The van der Waals surface area contributed by atoms with Crippen LogP contribution in [-0.2, 0) is 0 Å². The van der Waals surface area contributed by atoms with Crippen LogP contribution in [0.2, 0.25) is 0 Å². The van der Waals surface area contributed by atoms with Crippen LogP contribution in [0, 0.1) is 10.1 Å². The maximum Gasteiger partial charge on any atom is 0.270 e. The fourth-order valence-electron chi connectivity index (χ4n) is 2.83. The molecule has 0 unspecified atom stereocenters. The van der Waals surface area contributed by atoms with Crippen molar-refractivity contribution in [2.75, 3.05) is 17.6 Å². The Hall–Kier alpha value is -3.56. The van der Waals surface area contributed by atoms with Crippen molar-refractivity contribution in [2.24, 2.45) is 4.99 Å². The Morgan fingerprint density at radius 3 is 2.74 bits per heavy atom. The first-order valence-corrected chi connectivity index (χ1v) is 10.3. The second-order valence-corrected chi connectivity index (χ2v) is 8.36. The molecule has 9 heteroatoms. The Balaban J connectivity index is 1.98. The monoisotopic (exact) mass is 438 g/mol. The molecule has 2 aromatic carbocycles. The van der Waals surface area contributed by atoms with Gasteiger partial charge in [0.05, 0.1) is 17.1 Å². The van der Waals surface area contributed by atoms with E-state index in [9.17, 15) is 20.0 Å². The summed E-state index contributed by atoms with van der Waals surface area (Å²) in [5.41, 5.74) is 8.39. The number of hydrogen-bond acceptors (Lipinski definition) is 7. The van der Waals surface area contributed by atoms with E-state index in [-0.39, 0.29) is 17.8 Å². The minimum atomic E-state index is -0.957. The summed E-state index contributed by atoms with van der Waals surface area (Å²) in [6.07, 6.45) is 1.55. The number of nitrogens with one attached hydrogen (secondary N) is 1. The van der Waals surface area contributed by atoms with Gasteiger partial charge in [-0.15, -0.1) is 0 Å². The number of hydrogen-bond donors (Lipinski definition) is 3. The van der Waals surface area contributed by atoms with Crippen molar-refractivity contribution in [3.8, 4) is 11.1 Å². The SMILES string of the molecule is CC(C)(O)CN=Cc1cc(NC(=O)c2cccc([N+](=O)[O-])c2)c(-c2ccsc2)cc1N.